The number of hydrazone groups is 1. The summed E-state index contributed by atoms with van der Waals surface area (Å²) >= 11 is 7.61. The van der Waals surface area contributed by atoms with Gasteiger partial charge in [0.15, 0.2) is 0 Å². The lowest BCUT2D eigenvalue weighted by Crippen LogP contribution is -2.21. The first-order chi connectivity index (χ1) is 15.1. The molecule has 1 aliphatic rings. The summed E-state index contributed by atoms with van der Waals surface area (Å²) in [6.07, 6.45) is 1.89. The third kappa shape index (κ3) is 5.19. The van der Waals surface area contributed by atoms with E-state index in [1.807, 2.05) is 91.9 Å². The fraction of sp³-hybridized carbons (Fsp3) is 0.120. The van der Waals surface area contributed by atoms with Crippen LogP contribution in [0.1, 0.15) is 12.5 Å². The van der Waals surface area contributed by atoms with Gasteiger partial charge in [-0.15, -0.1) is 11.8 Å². The van der Waals surface area contributed by atoms with Crippen molar-refractivity contribution in [3.63, 3.8) is 0 Å². The van der Waals surface area contributed by atoms with Gasteiger partial charge in [0.25, 0.3) is 5.91 Å². The Bertz CT molecular complexity index is 1110. The SMILES string of the molecule is CCOc1ccc(/C=C2\C(=O)N(c3ccccc3)N=C2CSc2ccc(Cl)cc2)cc1. The van der Waals surface area contributed by atoms with Crippen molar-refractivity contribution in [3.05, 3.63) is 95.0 Å². The second kappa shape index (κ2) is 9.86. The molecule has 0 unspecified atom stereocenters. The maximum atomic E-state index is 13.2. The second-order valence-corrected chi connectivity index (χ2v) is 8.29. The third-order valence-corrected chi connectivity index (χ3v) is 5.92. The molecule has 0 aliphatic carbocycles. The molecule has 1 aliphatic heterocycles. The van der Waals surface area contributed by atoms with E-state index in [0.717, 1.165) is 27.6 Å². The minimum atomic E-state index is -0.133. The molecule has 31 heavy (non-hydrogen) atoms. The van der Waals surface area contributed by atoms with Crippen molar-refractivity contribution in [3.8, 4) is 5.75 Å². The van der Waals surface area contributed by atoms with Crippen molar-refractivity contribution in [2.45, 2.75) is 11.8 Å². The van der Waals surface area contributed by atoms with E-state index >= 15 is 0 Å². The monoisotopic (exact) mass is 448 g/mol. The number of carbonyl (C=O) groups is 1. The van der Waals surface area contributed by atoms with Crippen LogP contribution in [0.4, 0.5) is 5.69 Å². The number of para-hydroxylation sites is 1. The van der Waals surface area contributed by atoms with Crippen molar-refractivity contribution >= 4 is 46.7 Å². The van der Waals surface area contributed by atoms with Crippen LogP contribution in [0.25, 0.3) is 6.08 Å². The first kappa shape index (κ1) is 21.2. The zero-order valence-corrected chi connectivity index (χ0v) is 18.6. The number of amides is 1. The van der Waals surface area contributed by atoms with Crippen LogP contribution in [0, 0.1) is 0 Å². The summed E-state index contributed by atoms with van der Waals surface area (Å²) in [5.74, 6) is 1.24. The van der Waals surface area contributed by atoms with E-state index in [4.69, 9.17) is 16.3 Å². The molecule has 0 radical (unpaired) electrons. The molecular weight excluding hydrogens is 428 g/mol. The fourth-order valence-electron chi connectivity index (χ4n) is 3.13. The summed E-state index contributed by atoms with van der Waals surface area (Å²) in [4.78, 5) is 14.3. The average molecular weight is 449 g/mol. The third-order valence-electron chi connectivity index (χ3n) is 4.65. The van der Waals surface area contributed by atoms with Crippen LogP contribution in [0.3, 0.4) is 0 Å². The topological polar surface area (TPSA) is 41.9 Å². The van der Waals surface area contributed by atoms with Crippen LogP contribution in [0.15, 0.2) is 94.4 Å². The minimum Gasteiger partial charge on any atom is -0.494 e. The van der Waals surface area contributed by atoms with Crippen LogP contribution < -0.4 is 9.75 Å². The molecule has 0 saturated carbocycles. The quantitative estimate of drug-likeness (QED) is 0.314. The predicted octanol–water partition coefficient (Wildman–Crippen LogP) is 6.32. The van der Waals surface area contributed by atoms with E-state index in [-0.39, 0.29) is 5.91 Å². The van der Waals surface area contributed by atoms with Crippen LogP contribution >= 0.6 is 23.4 Å². The maximum Gasteiger partial charge on any atom is 0.280 e. The van der Waals surface area contributed by atoms with Gasteiger partial charge < -0.3 is 4.74 Å². The molecule has 0 saturated heterocycles. The molecule has 0 bridgehead atoms. The molecular formula is C25H21ClN2O2S. The zero-order chi connectivity index (χ0) is 21.6. The van der Waals surface area contributed by atoms with Crippen LogP contribution in [0.2, 0.25) is 5.02 Å². The number of rotatable bonds is 7. The number of thioether (sulfide) groups is 1. The Kier molecular flexibility index (Phi) is 6.75. The molecule has 4 nitrogen and oxygen atoms in total. The van der Waals surface area contributed by atoms with E-state index in [9.17, 15) is 4.79 Å². The van der Waals surface area contributed by atoms with E-state index in [1.165, 1.54) is 5.01 Å². The van der Waals surface area contributed by atoms with Crippen molar-refractivity contribution in [2.75, 3.05) is 17.4 Å². The standard InChI is InChI=1S/C25H21ClN2O2S/c1-2-30-21-12-8-18(9-13-21)16-23-24(17-31-22-14-10-19(26)11-15-22)27-28(25(23)29)20-6-4-3-5-7-20/h3-16H,2,17H2,1H3/b23-16-. The molecule has 4 rings (SSSR count). The molecule has 1 amide bonds. The first-order valence-corrected chi connectivity index (χ1v) is 11.3. The van der Waals surface area contributed by atoms with E-state index in [0.29, 0.717) is 23.0 Å². The molecule has 0 atom stereocenters. The number of nitrogens with zero attached hydrogens (tertiary/aromatic N) is 2. The lowest BCUT2D eigenvalue weighted by molar-refractivity contribution is -0.114. The molecule has 0 N–H and O–H groups in total. The number of anilines is 1. The number of hydrogen-bond donors (Lipinski definition) is 0. The van der Waals surface area contributed by atoms with Crippen molar-refractivity contribution in [1.82, 2.24) is 0 Å². The first-order valence-electron chi connectivity index (χ1n) is 9.94. The van der Waals surface area contributed by atoms with Gasteiger partial charge >= 0.3 is 0 Å². The largest absolute Gasteiger partial charge is 0.494 e. The normalized spacial score (nSPS) is 14.8. The fourth-order valence-corrected chi connectivity index (χ4v) is 4.10. The summed E-state index contributed by atoms with van der Waals surface area (Å²) < 4.78 is 5.51. The Morgan fingerprint density at radius 2 is 1.71 bits per heavy atom. The van der Waals surface area contributed by atoms with E-state index in [2.05, 4.69) is 5.10 Å². The Morgan fingerprint density at radius 3 is 2.39 bits per heavy atom. The summed E-state index contributed by atoms with van der Waals surface area (Å²) in [7, 11) is 0. The van der Waals surface area contributed by atoms with Gasteiger partial charge in [-0.3, -0.25) is 4.79 Å². The number of ether oxygens (including phenoxy) is 1. The minimum absolute atomic E-state index is 0.133. The van der Waals surface area contributed by atoms with Gasteiger partial charge in [0.05, 0.1) is 23.6 Å². The summed E-state index contributed by atoms with van der Waals surface area (Å²) in [5, 5.41) is 6.83. The number of carbonyl (C=O) groups excluding carboxylic acids is 1. The molecule has 0 fully saturated rings. The van der Waals surface area contributed by atoms with Gasteiger partial charge in [-0.25, -0.2) is 0 Å². The Hall–Kier alpha value is -3.02. The lowest BCUT2D eigenvalue weighted by atomic mass is 10.1. The molecule has 3 aromatic carbocycles. The molecule has 0 spiro atoms. The summed E-state index contributed by atoms with van der Waals surface area (Å²) in [6, 6.07) is 24.8. The zero-order valence-electron chi connectivity index (χ0n) is 17.0. The van der Waals surface area contributed by atoms with Gasteiger partial charge in [-0.2, -0.15) is 10.1 Å². The van der Waals surface area contributed by atoms with Gasteiger partial charge in [-0.05, 0) is 67.1 Å². The van der Waals surface area contributed by atoms with Crippen LogP contribution in [0.5, 0.6) is 5.75 Å². The average Bonchev–Trinajstić information content (AvgIpc) is 3.11. The van der Waals surface area contributed by atoms with Crippen molar-refractivity contribution in [2.24, 2.45) is 5.10 Å². The van der Waals surface area contributed by atoms with Crippen molar-refractivity contribution in [1.29, 1.82) is 0 Å². The van der Waals surface area contributed by atoms with Gasteiger partial charge in [0, 0.05) is 15.7 Å². The molecule has 0 aromatic heterocycles. The van der Waals surface area contributed by atoms with Crippen LogP contribution in [-0.4, -0.2) is 24.0 Å². The van der Waals surface area contributed by atoms with E-state index < -0.39 is 0 Å². The Labute approximate surface area is 191 Å². The predicted molar refractivity (Wildman–Crippen MR) is 129 cm³/mol. The highest BCUT2D eigenvalue weighted by Gasteiger charge is 2.31. The maximum absolute atomic E-state index is 13.2. The highest BCUT2D eigenvalue weighted by molar-refractivity contribution is 8.00. The van der Waals surface area contributed by atoms with Gasteiger partial charge in [0.2, 0.25) is 0 Å². The van der Waals surface area contributed by atoms with Crippen molar-refractivity contribution < 1.29 is 9.53 Å². The van der Waals surface area contributed by atoms with Gasteiger partial charge in [0.1, 0.15) is 5.75 Å². The molecule has 156 valence electrons. The van der Waals surface area contributed by atoms with Crippen LogP contribution in [-0.2, 0) is 4.79 Å². The highest BCUT2D eigenvalue weighted by atomic mass is 35.5. The summed E-state index contributed by atoms with van der Waals surface area (Å²) in [6.45, 7) is 2.57. The molecule has 3 aromatic rings. The van der Waals surface area contributed by atoms with E-state index in [1.54, 1.807) is 11.8 Å². The number of halogens is 1. The Morgan fingerprint density at radius 1 is 1.00 bits per heavy atom. The lowest BCUT2D eigenvalue weighted by Gasteiger charge is -2.11. The smallest absolute Gasteiger partial charge is 0.280 e. The Balaban J connectivity index is 1.62. The highest BCUT2D eigenvalue weighted by Crippen LogP contribution is 2.29. The number of benzene rings is 3. The molecule has 1 heterocycles. The summed E-state index contributed by atoms with van der Waals surface area (Å²) in [5.41, 5.74) is 3.00. The molecule has 6 heteroatoms. The van der Waals surface area contributed by atoms with Gasteiger partial charge in [-0.1, -0.05) is 41.9 Å². The second-order valence-electron chi connectivity index (χ2n) is 6.80. The number of hydrogen-bond acceptors (Lipinski definition) is 4.